The van der Waals surface area contributed by atoms with E-state index < -0.39 is 11.8 Å². The molecule has 0 aromatic heterocycles. The Bertz CT molecular complexity index is 504. The van der Waals surface area contributed by atoms with Crippen molar-refractivity contribution in [2.45, 2.75) is 13.0 Å². The van der Waals surface area contributed by atoms with Gasteiger partial charge >= 0.3 is 0 Å². The largest absolute Gasteiger partial charge is 0.392 e. The molecule has 0 saturated carbocycles. The molecule has 96 valence electrons. The number of benzene rings is 1. The summed E-state index contributed by atoms with van der Waals surface area (Å²) < 4.78 is 0.748. The van der Waals surface area contributed by atoms with E-state index in [2.05, 4.69) is 15.9 Å². The first-order valence-electron chi connectivity index (χ1n) is 5.52. The Kier molecular flexibility index (Phi) is 3.68. The van der Waals surface area contributed by atoms with Crippen LogP contribution in [0, 0.1) is 5.92 Å². The summed E-state index contributed by atoms with van der Waals surface area (Å²) in [6, 6.07) is 5.26. The van der Waals surface area contributed by atoms with Gasteiger partial charge in [-0.15, -0.1) is 0 Å². The van der Waals surface area contributed by atoms with E-state index in [4.69, 9.17) is 10.8 Å². The molecule has 1 aromatic carbocycles. The second-order valence-electron chi connectivity index (χ2n) is 4.25. The Hall–Kier alpha value is -1.40. The van der Waals surface area contributed by atoms with E-state index in [0.717, 1.165) is 4.47 Å². The molecule has 6 heteroatoms. The van der Waals surface area contributed by atoms with E-state index in [-0.39, 0.29) is 18.9 Å². The fourth-order valence-electron chi connectivity index (χ4n) is 1.99. The Morgan fingerprint density at radius 1 is 1.56 bits per heavy atom. The van der Waals surface area contributed by atoms with Gasteiger partial charge in [-0.1, -0.05) is 6.07 Å². The van der Waals surface area contributed by atoms with Crippen molar-refractivity contribution in [3.8, 4) is 0 Å². The van der Waals surface area contributed by atoms with Crippen LogP contribution in [0.4, 0.5) is 5.69 Å². The lowest BCUT2D eigenvalue weighted by atomic mass is 10.1. The van der Waals surface area contributed by atoms with Gasteiger partial charge in [0, 0.05) is 17.4 Å². The monoisotopic (exact) mass is 312 g/mol. The van der Waals surface area contributed by atoms with E-state index >= 15 is 0 Å². The number of nitrogens with zero attached hydrogens (tertiary/aromatic N) is 1. The number of carbonyl (C=O) groups is 2. The molecule has 0 spiro atoms. The van der Waals surface area contributed by atoms with Crippen molar-refractivity contribution in [2.75, 3.05) is 11.4 Å². The van der Waals surface area contributed by atoms with Crippen LogP contribution in [-0.2, 0) is 16.2 Å². The molecule has 1 aliphatic heterocycles. The van der Waals surface area contributed by atoms with Crippen LogP contribution in [0.15, 0.2) is 22.7 Å². The van der Waals surface area contributed by atoms with Gasteiger partial charge in [0.1, 0.15) is 0 Å². The van der Waals surface area contributed by atoms with Gasteiger partial charge in [-0.25, -0.2) is 0 Å². The molecular weight excluding hydrogens is 300 g/mol. The topological polar surface area (TPSA) is 83.6 Å². The lowest BCUT2D eigenvalue weighted by Crippen LogP contribution is -2.28. The highest BCUT2D eigenvalue weighted by Gasteiger charge is 2.34. The summed E-state index contributed by atoms with van der Waals surface area (Å²) >= 11 is 3.36. The summed E-state index contributed by atoms with van der Waals surface area (Å²) in [6.07, 6.45) is 0.144. The SMILES string of the molecule is NC(=O)C1CC(=O)N(c2cc(CO)ccc2Br)C1. The van der Waals surface area contributed by atoms with E-state index in [1.807, 2.05) is 0 Å². The summed E-state index contributed by atoms with van der Waals surface area (Å²) in [4.78, 5) is 24.5. The van der Waals surface area contributed by atoms with Crippen LogP contribution >= 0.6 is 15.9 Å². The van der Waals surface area contributed by atoms with Gasteiger partial charge in [0.05, 0.1) is 18.2 Å². The smallest absolute Gasteiger partial charge is 0.227 e. The maximum Gasteiger partial charge on any atom is 0.227 e. The first-order valence-corrected chi connectivity index (χ1v) is 6.31. The molecular formula is C12H13BrN2O3. The zero-order valence-electron chi connectivity index (χ0n) is 9.60. The molecule has 1 fully saturated rings. The Balaban J connectivity index is 2.32. The van der Waals surface area contributed by atoms with Crippen molar-refractivity contribution >= 4 is 33.4 Å². The molecule has 1 aromatic rings. The number of carbonyl (C=O) groups excluding carboxylic acids is 2. The molecule has 1 atom stereocenters. The van der Waals surface area contributed by atoms with Crippen molar-refractivity contribution in [2.24, 2.45) is 11.7 Å². The first-order chi connectivity index (χ1) is 8.52. The van der Waals surface area contributed by atoms with Crippen molar-refractivity contribution in [3.05, 3.63) is 28.2 Å². The van der Waals surface area contributed by atoms with Crippen LogP contribution in [0.5, 0.6) is 0 Å². The second kappa shape index (κ2) is 5.07. The first kappa shape index (κ1) is 13.0. The normalized spacial score (nSPS) is 19.3. The van der Waals surface area contributed by atoms with Gasteiger partial charge < -0.3 is 15.7 Å². The molecule has 1 saturated heterocycles. The number of halogens is 1. The minimum absolute atomic E-state index is 0.0957. The van der Waals surface area contributed by atoms with Crippen LogP contribution in [0.3, 0.4) is 0 Å². The van der Waals surface area contributed by atoms with Crippen LogP contribution in [0.1, 0.15) is 12.0 Å². The number of aliphatic hydroxyl groups is 1. The molecule has 0 bridgehead atoms. The van der Waals surface area contributed by atoms with Crippen molar-refractivity contribution < 1.29 is 14.7 Å². The maximum absolute atomic E-state index is 11.9. The minimum Gasteiger partial charge on any atom is -0.392 e. The molecule has 0 radical (unpaired) electrons. The van der Waals surface area contributed by atoms with Crippen molar-refractivity contribution in [1.82, 2.24) is 0 Å². The zero-order chi connectivity index (χ0) is 13.3. The quantitative estimate of drug-likeness (QED) is 0.865. The number of anilines is 1. The third-order valence-corrected chi connectivity index (χ3v) is 3.68. The molecule has 1 aliphatic rings. The molecule has 5 nitrogen and oxygen atoms in total. The van der Waals surface area contributed by atoms with E-state index in [9.17, 15) is 9.59 Å². The number of hydrogen-bond donors (Lipinski definition) is 2. The van der Waals surface area contributed by atoms with Crippen molar-refractivity contribution in [3.63, 3.8) is 0 Å². The number of primary amides is 1. The molecule has 2 amide bonds. The molecule has 18 heavy (non-hydrogen) atoms. The lowest BCUT2D eigenvalue weighted by Gasteiger charge is -2.18. The summed E-state index contributed by atoms with van der Waals surface area (Å²) in [5.74, 6) is -1.03. The highest BCUT2D eigenvalue weighted by molar-refractivity contribution is 9.10. The molecule has 1 unspecified atom stereocenters. The number of rotatable bonds is 3. The van der Waals surface area contributed by atoms with Gasteiger partial charge in [0.25, 0.3) is 0 Å². The van der Waals surface area contributed by atoms with E-state index in [0.29, 0.717) is 17.8 Å². The number of aliphatic hydroxyl groups excluding tert-OH is 1. The lowest BCUT2D eigenvalue weighted by molar-refractivity contribution is -0.123. The third kappa shape index (κ3) is 2.39. The minimum atomic E-state index is -0.458. The zero-order valence-corrected chi connectivity index (χ0v) is 11.2. The summed E-state index contributed by atoms with van der Waals surface area (Å²) in [6.45, 7) is 0.198. The predicted octanol–water partition coefficient (Wildman–Crippen LogP) is 0.780. The summed E-state index contributed by atoms with van der Waals surface area (Å²) in [5.41, 5.74) is 6.60. The van der Waals surface area contributed by atoms with Crippen LogP contribution < -0.4 is 10.6 Å². The van der Waals surface area contributed by atoms with Gasteiger partial charge in [-0.3, -0.25) is 9.59 Å². The standard InChI is InChI=1S/C12H13BrN2O3/c13-9-2-1-7(6-16)3-10(9)15-5-8(12(14)18)4-11(15)17/h1-3,8,16H,4-6H2,(H2,14,18). The fraction of sp³-hybridized carbons (Fsp3) is 0.333. The maximum atomic E-state index is 11.9. The van der Waals surface area contributed by atoms with Crippen LogP contribution in [0.2, 0.25) is 0 Å². The highest BCUT2D eigenvalue weighted by atomic mass is 79.9. The van der Waals surface area contributed by atoms with Gasteiger partial charge in [-0.05, 0) is 33.6 Å². The molecule has 0 aliphatic carbocycles. The highest BCUT2D eigenvalue weighted by Crippen LogP contribution is 2.32. The average Bonchev–Trinajstić information content (AvgIpc) is 2.72. The fourth-order valence-corrected chi connectivity index (χ4v) is 2.46. The van der Waals surface area contributed by atoms with E-state index in [1.54, 1.807) is 18.2 Å². The number of hydrogen-bond acceptors (Lipinski definition) is 3. The summed E-state index contributed by atoms with van der Waals surface area (Å²) in [7, 11) is 0. The number of amides is 2. The van der Waals surface area contributed by atoms with E-state index in [1.165, 1.54) is 4.90 Å². The predicted molar refractivity (Wildman–Crippen MR) is 69.7 cm³/mol. The molecule has 3 N–H and O–H groups in total. The molecule has 1 heterocycles. The third-order valence-electron chi connectivity index (χ3n) is 3.01. The van der Waals surface area contributed by atoms with Crippen LogP contribution in [0.25, 0.3) is 0 Å². The molecule has 2 rings (SSSR count). The Labute approximate surface area is 113 Å². The van der Waals surface area contributed by atoms with Gasteiger partial charge in [0.15, 0.2) is 0 Å². The Morgan fingerprint density at radius 2 is 2.28 bits per heavy atom. The van der Waals surface area contributed by atoms with Crippen LogP contribution in [-0.4, -0.2) is 23.5 Å². The average molecular weight is 313 g/mol. The van der Waals surface area contributed by atoms with Gasteiger partial charge in [0.2, 0.25) is 11.8 Å². The Morgan fingerprint density at radius 3 is 2.83 bits per heavy atom. The summed E-state index contributed by atoms with van der Waals surface area (Å²) in [5, 5.41) is 9.11. The second-order valence-corrected chi connectivity index (χ2v) is 5.11. The number of nitrogens with two attached hydrogens (primary N) is 1. The van der Waals surface area contributed by atoms with Gasteiger partial charge in [-0.2, -0.15) is 0 Å². The van der Waals surface area contributed by atoms with Crippen molar-refractivity contribution in [1.29, 1.82) is 0 Å².